The maximum absolute atomic E-state index is 13.2. The Balaban J connectivity index is 1.33. The molecule has 2 amide bonds. The summed E-state index contributed by atoms with van der Waals surface area (Å²) < 4.78 is 7.03. The van der Waals surface area contributed by atoms with E-state index in [4.69, 9.17) is 4.42 Å². The van der Waals surface area contributed by atoms with E-state index in [0.717, 1.165) is 10.6 Å². The largest absolute Gasteiger partial charge is 0.463 e. The van der Waals surface area contributed by atoms with Crippen LogP contribution in [0.15, 0.2) is 74.8 Å². The first-order valence-electron chi connectivity index (χ1n) is 10.3. The molecule has 5 rings (SSSR count). The summed E-state index contributed by atoms with van der Waals surface area (Å²) >= 11 is 2.81. The molecule has 3 aromatic heterocycles. The normalized spacial score (nSPS) is 15.4. The third-order valence-electron chi connectivity index (χ3n) is 5.02. The Bertz CT molecular complexity index is 1330. The van der Waals surface area contributed by atoms with Gasteiger partial charge in [0.15, 0.2) is 0 Å². The van der Waals surface area contributed by atoms with Gasteiger partial charge in [-0.25, -0.2) is 5.01 Å². The quantitative estimate of drug-likeness (QED) is 0.390. The molecule has 0 bridgehead atoms. The van der Waals surface area contributed by atoms with Crippen molar-refractivity contribution >= 4 is 46.3 Å². The van der Waals surface area contributed by atoms with Crippen molar-refractivity contribution in [2.75, 3.05) is 11.1 Å². The van der Waals surface area contributed by atoms with E-state index in [9.17, 15) is 9.59 Å². The van der Waals surface area contributed by atoms with Crippen molar-refractivity contribution in [1.29, 1.82) is 0 Å². The van der Waals surface area contributed by atoms with Gasteiger partial charge < -0.3 is 9.73 Å². The van der Waals surface area contributed by atoms with Crippen LogP contribution in [0.25, 0.3) is 5.69 Å². The fourth-order valence-electron chi connectivity index (χ4n) is 3.58. The average Bonchev–Trinajstić information content (AvgIpc) is 3.62. The predicted octanol–water partition coefficient (Wildman–Crippen LogP) is 3.75. The number of furan rings is 1. The van der Waals surface area contributed by atoms with E-state index in [1.807, 2.05) is 29.6 Å². The number of nitrogens with zero attached hydrogens (tertiary/aromatic N) is 6. The van der Waals surface area contributed by atoms with E-state index in [0.29, 0.717) is 28.7 Å². The lowest BCUT2D eigenvalue weighted by Gasteiger charge is -2.20. The molecule has 0 fully saturated rings. The van der Waals surface area contributed by atoms with E-state index in [2.05, 4.69) is 25.9 Å². The third-order valence-corrected chi connectivity index (χ3v) is 6.90. The number of carbonyl (C=O) groups is 2. The minimum Gasteiger partial charge on any atom is -0.463 e. The van der Waals surface area contributed by atoms with Gasteiger partial charge in [0, 0.05) is 23.9 Å². The topological polar surface area (TPSA) is 119 Å². The van der Waals surface area contributed by atoms with Crippen LogP contribution in [0.4, 0.5) is 5.69 Å². The molecule has 1 aliphatic rings. The van der Waals surface area contributed by atoms with Crippen LogP contribution >= 0.6 is 23.1 Å². The Labute approximate surface area is 202 Å². The Morgan fingerprint density at radius 2 is 2.15 bits per heavy atom. The number of thioether (sulfide) groups is 1. The van der Waals surface area contributed by atoms with Crippen LogP contribution in [0.3, 0.4) is 0 Å². The van der Waals surface area contributed by atoms with Crippen LogP contribution in [0, 0.1) is 0 Å². The minimum absolute atomic E-state index is 0.0998. The number of hydrazone groups is 1. The number of benzene rings is 1. The highest BCUT2D eigenvalue weighted by Gasteiger charge is 2.34. The van der Waals surface area contributed by atoms with Crippen molar-refractivity contribution in [2.24, 2.45) is 5.10 Å². The number of hydrogen-bond donors (Lipinski definition) is 1. The third kappa shape index (κ3) is 4.63. The molecule has 4 heterocycles. The zero-order valence-electron chi connectivity index (χ0n) is 18.0. The highest BCUT2D eigenvalue weighted by molar-refractivity contribution is 7.99. The second kappa shape index (κ2) is 9.61. The van der Waals surface area contributed by atoms with Gasteiger partial charge in [-0.3, -0.25) is 9.59 Å². The summed E-state index contributed by atoms with van der Waals surface area (Å²) in [6.07, 6.45) is 2.18. The molecule has 172 valence electrons. The van der Waals surface area contributed by atoms with Crippen LogP contribution in [-0.2, 0) is 9.59 Å². The number of thiophene rings is 1. The highest BCUT2D eigenvalue weighted by Crippen LogP contribution is 2.36. The second-order valence-electron chi connectivity index (χ2n) is 7.39. The highest BCUT2D eigenvalue weighted by atomic mass is 32.2. The minimum atomic E-state index is -0.182. The number of hydrogen-bond acceptors (Lipinski definition) is 9. The first kappa shape index (κ1) is 22.0. The first-order valence-corrected chi connectivity index (χ1v) is 12.2. The summed E-state index contributed by atoms with van der Waals surface area (Å²) in [6.45, 7) is 1.44. The van der Waals surface area contributed by atoms with Crippen LogP contribution in [0.5, 0.6) is 0 Å². The van der Waals surface area contributed by atoms with Gasteiger partial charge in [-0.05, 0) is 52.2 Å². The number of aromatic nitrogens is 4. The summed E-state index contributed by atoms with van der Waals surface area (Å²) in [4.78, 5) is 25.7. The molecule has 1 N–H and O–H groups in total. The molecule has 0 aliphatic carbocycles. The second-order valence-corrected chi connectivity index (χ2v) is 9.31. The van der Waals surface area contributed by atoms with Crippen LogP contribution in [0.2, 0.25) is 0 Å². The fraction of sp³-hybridized carbons (Fsp3) is 0.182. The van der Waals surface area contributed by atoms with Gasteiger partial charge in [-0.2, -0.15) is 9.78 Å². The number of anilines is 1. The molecular weight excluding hydrogens is 474 g/mol. The van der Waals surface area contributed by atoms with E-state index >= 15 is 0 Å². The number of carbonyl (C=O) groups excluding carboxylic acids is 2. The smallest absolute Gasteiger partial charge is 0.253 e. The SMILES string of the molecule is CC(=O)Nc1cccc(-n2nnnc2SCC(=O)N2N=C(c3ccco3)CC2c2cccs2)c1. The molecule has 1 aliphatic heterocycles. The van der Waals surface area contributed by atoms with Gasteiger partial charge in [0.25, 0.3) is 5.91 Å². The van der Waals surface area contributed by atoms with Gasteiger partial charge >= 0.3 is 0 Å². The molecule has 1 atom stereocenters. The first-order chi connectivity index (χ1) is 16.6. The van der Waals surface area contributed by atoms with Crippen molar-refractivity contribution in [3.63, 3.8) is 0 Å². The molecular formula is C22H19N7O3S2. The Kier molecular flexibility index (Phi) is 6.23. The van der Waals surface area contributed by atoms with Gasteiger partial charge in [-0.1, -0.05) is 23.9 Å². The summed E-state index contributed by atoms with van der Waals surface area (Å²) in [5, 5.41) is 23.2. The molecule has 10 nitrogen and oxygen atoms in total. The molecule has 34 heavy (non-hydrogen) atoms. The Morgan fingerprint density at radius 1 is 1.24 bits per heavy atom. The monoisotopic (exact) mass is 493 g/mol. The molecule has 1 aromatic carbocycles. The number of amides is 2. The molecule has 0 saturated carbocycles. The average molecular weight is 494 g/mol. The zero-order chi connectivity index (χ0) is 23.5. The standard InChI is InChI=1S/C22H19N7O3S2/c1-14(30)23-15-5-2-6-16(11-15)28-22(24-26-27-28)34-13-21(31)29-18(20-8-4-10-33-20)12-17(25-29)19-7-3-9-32-19/h2-11,18H,12-13H2,1H3,(H,23,30). The maximum atomic E-state index is 13.2. The van der Waals surface area contributed by atoms with E-state index in [1.54, 1.807) is 41.9 Å². The molecule has 0 radical (unpaired) electrons. The van der Waals surface area contributed by atoms with Gasteiger partial charge in [0.05, 0.1) is 23.7 Å². The van der Waals surface area contributed by atoms with Gasteiger partial charge in [0.1, 0.15) is 11.5 Å². The van der Waals surface area contributed by atoms with Crippen LogP contribution < -0.4 is 5.32 Å². The molecule has 4 aromatic rings. The summed E-state index contributed by atoms with van der Waals surface area (Å²) in [5.41, 5.74) is 2.03. The lowest BCUT2D eigenvalue weighted by molar-refractivity contribution is -0.130. The lowest BCUT2D eigenvalue weighted by atomic mass is 10.1. The molecule has 0 spiro atoms. The number of tetrazole rings is 1. The lowest BCUT2D eigenvalue weighted by Crippen LogP contribution is -2.28. The zero-order valence-corrected chi connectivity index (χ0v) is 19.6. The van der Waals surface area contributed by atoms with Gasteiger partial charge in [-0.15, -0.1) is 16.4 Å². The van der Waals surface area contributed by atoms with E-state index in [-0.39, 0.29) is 23.6 Å². The van der Waals surface area contributed by atoms with Crippen LogP contribution in [0.1, 0.15) is 30.0 Å². The van der Waals surface area contributed by atoms with E-state index in [1.165, 1.54) is 28.4 Å². The summed E-state index contributed by atoms with van der Waals surface area (Å²) in [5.74, 6) is 0.427. The fourth-order valence-corrected chi connectivity index (χ4v) is 5.13. The Morgan fingerprint density at radius 3 is 2.91 bits per heavy atom. The maximum Gasteiger partial charge on any atom is 0.253 e. The van der Waals surface area contributed by atoms with Crippen molar-refractivity contribution in [3.05, 3.63) is 70.8 Å². The van der Waals surface area contributed by atoms with Crippen molar-refractivity contribution < 1.29 is 14.0 Å². The molecule has 1 unspecified atom stereocenters. The van der Waals surface area contributed by atoms with Crippen molar-refractivity contribution in [2.45, 2.75) is 24.5 Å². The summed E-state index contributed by atoms with van der Waals surface area (Å²) in [6, 6.07) is 14.6. The number of nitrogens with one attached hydrogen (secondary N) is 1. The predicted molar refractivity (Wildman–Crippen MR) is 128 cm³/mol. The van der Waals surface area contributed by atoms with E-state index < -0.39 is 0 Å². The molecule has 12 heteroatoms. The van der Waals surface area contributed by atoms with Crippen molar-refractivity contribution in [3.8, 4) is 5.69 Å². The number of rotatable bonds is 7. The Hall–Kier alpha value is -3.77. The summed E-state index contributed by atoms with van der Waals surface area (Å²) in [7, 11) is 0. The van der Waals surface area contributed by atoms with Crippen molar-refractivity contribution in [1.82, 2.24) is 25.2 Å². The molecule has 0 saturated heterocycles. The van der Waals surface area contributed by atoms with Gasteiger partial charge in [0.2, 0.25) is 11.1 Å². The van der Waals surface area contributed by atoms with Crippen LogP contribution in [-0.4, -0.2) is 48.5 Å².